The van der Waals surface area contributed by atoms with Gasteiger partial charge in [-0.3, -0.25) is 14.4 Å². The molecule has 0 fully saturated rings. The predicted octanol–water partition coefficient (Wildman–Crippen LogP) is 2.03. The maximum atomic E-state index is 11.3. The Labute approximate surface area is 102 Å². The lowest BCUT2D eigenvalue weighted by molar-refractivity contribution is -0.137. The molecule has 0 radical (unpaired) electrons. The molecule has 96 valence electrons. The van der Waals surface area contributed by atoms with Crippen LogP contribution in [0.5, 0.6) is 0 Å². The molecule has 0 aromatic rings. The highest BCUT2D eigenvalue weighted by molar-refractivity contribution is 6.37. The van der Waals surface area contributed by atoms with Crippen molar-refractivity contribution in [3.8, 4) is 0 Å². The Hall–Kier alpha value is -1.32. The second-order valence-electron chi connectivity index (χ2n) is 4.19. The molecule has 0 aliphatic heterocycles. The van der Waals surface area contributed by atoms with Gasteiger partial charge in [0.1, 0.15) is 11.6 Å². The number of hydrogen-bond donors (Lipinski definition) is 0. The Balaban J connectivity index is 3.74. The fourth-order valence-electron chi connectivity index (χ4n) is 1.42. The van der Waals surface area contributed by atoms with E-state index in [0.29, 0.717) is 19.3 Å². The average Bonchev–Trinajstić information content (AvgIpc) is 2.25. The van der Waals surface area contributed by atoms with Crippen LogP contribution in [0, 0.1) is 0 Å². The van der Waals surface area contributed by atoms with Crippen molar-refractivity contribution in [1.29, 1.82) is 0 Å². The highest BCUT2D eigenvalue weighted by Crippen LogP contribution is 2.04. The van der Waals surface area contributed by atoms with Gasteiger partial charge in [-0.05, 0) is 19.8 Å². The minimum Gasteiger partial charge on any atom is -0.300 e. The van der Waals surface area contributed by atoms with Gasteiger partial charge in [-0.1, -0.05) is 6.92 Å². The topological polar surface area (TPSA) is 68.3 Å². The van der Waals surface area contributed by atoms with Crippen molar-refractivity contribution in [2.45, 2.75) is 58.8 Å². The Morgan fingerprint density at radius 1 is 0.765 bits per heavy atom. The summed E-state index contributed by atoms with van der Waals surface area (Å²) >= 11 is 0. The third kappa shape index (κ3) is 8.48. The zero-order chi connectivity index (χ0) is 13.3. The van der Waals surface area contributed by atoms with Crippen LogP contribution in [-0.4, -0.2) is 23.1 Å². The van der Waals surface area contributed by atoms with E-state index in [-0.39, 0.29) is 30.8 Å². The summed E-state index contributed by atoms with van der Waals surface area (Å²) in [6, 6.07) is 0. The molecule has 0 rings (SSSR count). The van der Waals surface area contributed by atoms with E-state index < -0.39 is 11.6 Å². The summed E-state index contributed by atoms with van der Waals surface area (Å²) in [4.78, 5) is 44.4. The highest BCUT2D eigenvalue weighted by Gasteiger charge is 2.14. The molecule has 0 bridgehead atoms. The van der Waals surface area contributed by atoms with Gasteiger partial charge in [0.2, 0.25) is 0 Å². The van der Waals surface area contributed by atoms with Gasteiger partial charge in [0.05, 0.1) is 0 Å². The van der Waals surface area contributed by atoms with Crippen LogP contribution >= 0.6 is 0 Å². The minimum absolute atomic E-state index is 0.00290. The average molecular weight is 240 g/mol. The van der Waals surface area contributed by atoms with Crippen LogP contribution in [0.1, 0.15) is 58.8 Å². The number of carbonyl (C=O) groups excluding carboxylic acids is 4. The van der Waals surface area contributed by atoms with Crippen molar-refractivity contribution >= 4 is 23.1 Å². The largest absolute Gasteiger partial charge is 0.300 e. The molecule has 0 aromatic heterocycles. The van der Waals surface area contributed by atoms with Gasteiger partial charge in [-0.15, -0.1) is 0 Å². The fraction of sp³-hybridized carbons (Fsp3) is 0.692. The van der Waals surface area contributed by atoms with Crippen molar-refractivity contribution < 1.29 is 19.2 Å². The number of hydrogen-bond acceptors (Lipinski definition) is 4. The normalized spacial score (nSPS) is 10.0. The van der Waals surface area contributed by atoms with Crippen molar-refractivity contribution in [3.63, 3.8) is 0 Å². The minimum atomic E-state index is -0.497. The van der Waals surface area contributed by atoms with Crippen LogP contribution in [0.2, 0.25) is 0 Å². The van der Waals surface area contributed by atoms with Gasteiger partial charge >= 0.3 is 0 Å². The van der Waals surface area contributed by atoms with Gasteiger partial charge in [0.15, 0.2) is 11.6 Å². The first-order valence-corrected chi connectivity index (χ1v) is 6.04. The van der Waals surface area contributed by atoms with Gasteiger partial charge in [-0.25, -0.2) is 0 Å². The third-order valence-corrected chi connectivity index (χ3v) is 2.40. The molecule has 0 aliphatic rings. The summed E-state index contributed by atoms with van der Waals surface area (Å²) in [5.41, 5.74) is 0. The van der Waals surface area contributed by atoms with E-state index in [4.69, 9.17) is 0 Å². The van der Waals surface area contributed by atoms with E-state index in [1.807, 2.05) is 6.92 Å². The quantitative estimate of drug-likeness (QED) is 0.548. The molecular weight excluding hydrogens is 220 g/mol. The Morgan fingerprint density at radius 3 is 1.88 bits per heavy atom. The molecule has 0 saturated carbocycles. The zero-order valence-corrected chi connectivity index (χ0v) is 10.6. The summed E-state index contributed by atoms with van der Waals surface area (Å²) in [7, 11) is 0. The predicted molar refractivity (Wildman–Crippen MR) is 63.7 cm³/mol. The lowest BCUT2D eigenvalue weighted by Crippen LogP contribution is -2.15. The molecule has 0 aromatic carbocycles. The summed E-state index contributed by atoms with van der Waals surface area (Å²) in [5.74, 6) is -0.917. The van der Waals surface area contributed by atoms with E-state index in [9.17, 15) is 19.2 Å². The summed E-state index contributed by atoms with van der Waals surface area (Å²) in [6.45, 7) is 3.31. The van der Waals surface area contributed by atoms with Crippen molar-refractivity contribution in [2.75, 3.05) is 0 Å². The molecule has 4 heteroatoms. The molecule has 0 amide bonds. The van der Waals surface area contributed by atoms with Gasteiger partial charge < -0.3 is 4.79 Å². The first-order chi connectivity index (χ1) is 7.97. The van der Waals surface area contributed by atoms with Crippen LogP contribution in [-0.2, 0) is 19.2 Å². The van der Waals surface area contributed by atoms with Crippen molar-refractivity contribution in [2.24, 2.45) is 0 Å². The van der Waals surface area contributed by atoms with Crippen LogP contribution in [0.15, 0.2) is 0 Å². The Bertz CT molecular complexity index is 305. The van der Waals surface area contributed by atoms with Gasteiger partial charge in [0.25, 0.3) is 0 Å². The first kappa shape index (κ1) is 15.7. The van der Waals surface area contributed by atoms with Crippen LogP contribution in [0.3, 0.4) is 0 Å². The molecule has 0 N–H and O–H groups in total. The lowest BCUT2D eigenvalue weighted by atomic mass is 10.0. The van der Waals surface area contributed by atoms with Crippen LogP contribution < -0.4 is 0 Å². The van der Waals surface area contributed by atoms with E-state index in [1.54, 1.807) is 0 Å². The molecule has 4 nitrogen and oxygen atoms in total. The second-order valence-corrected chi connectivity index (χ2v) is 4.19. The molecule has 0 spiro atoms. The van der Waals surface area contributed by atoms with Crippen molar-refractivity contribution in [3.05, 3.63) is 0 Å². The van der Waals surface area contributed by atoms with E-state index in [2.05, 4.69) is 0 Å². The summed E-state index contributed by atoms with van der Waals surface area (Å²) in [6.07, 6.45) is 2.38. The molecule has 17 heavy (non-hydrogen) atoms. The maximum Gasteiger partial charge on any atom is 0.198 e. The van der Waals surface area contributed by atoms with E-state index >= 15 is 0 Å². The highest BCUT2D eigenvalue weighted by atomic mass is 16.2. The Kier molecular flexibility index (Phi) is 8.11. The smallest absolute Gasteiger partial charge is 0.198 e. The number of Topliss-reactive ketones (excluding diaryl/α,β-unsaturated/α-hetero) is 4. The van der Waals surface area contributed by atoms with Gasteiger partial charge in [-0.2, -0.15) is 0 Å². The molecule has 0 aliphatic carbocycles. The van der Waals surface area contributed by atoms with E-state index in [1.165, 1.54) is 6.92 Å². The maximum absolute atomic E-state index is 11.3. The zero-order valence-electron chi connectivity index (χ0n) is 10.6. The molecule has 0 saturated heterocycles. The van der Waals surface area contributed by atoms with Crippen molar-refractivity contribution in [1.82, 2.24) is 0 Å². The molecular formula is C13H20O4. The Morgan fingerprint density at radius 2 is 1.35 bits per heavy atom. The van der Waals surface area contributed by atoms with Crippen LogP contribution in [0.4, 0.5) is 0 Å². The second kappa shape index (κ2) is 8.79. The third-order valence-electron chi connectivity index (χ3n) is 2.40. The SMILES string of the molecule is CCCC(=O)CCCC(=O)C(=O)CCC(C)=O. The lowest BCUT2D eigenvalue weighted by Gasteiger charge is -1.99. The fourth-order valence-corrected chi connectivity index (χ4v) is 1.42. The standard InChI is InChI=1S/C13H20O4/c1-3-5-11(15)6-4-7-12(16)13(17)9-8-10(2)14/h3-9H2,1-2H3. The number of carbonyl (C=O) groups is 4. The van der Waals surface area contributed by atoms with E-state index in [0.717, 1.165) is 6.42 Å². The van der Waals surface area contributed by atoms with Crippen LogP contribution in [0.25, 0.3) is 0 Å². The van der Waals surface area contributed by atoms with Gasteiger partial charge in [0, 0.05) is 32.1 Å². The number of ketones is 4. The monoisotopic (exact) mass is 240 g/mol. The number of rotatable bonds is 10. The molecule has 0 atom stereocenters. The molecule has 0 unspecified atom stereocenters. The first-order valence-electron chi connectivity index (χ1n) is 6.04. The summed E-state index contributed by atoms with van der Waals surface area (Å²) in [5, 5.41) is 0. The summed E-state index contributed by atoms with van der Waals surface area (Å²) < 4.78 is 0. The molecule has 0 heterocycles.